The highest BCUT2D eigenvalue weighted by atomic mass is 35.5. The summed E-state index contributed by atoms with van der Waals surface area (Å²) >= 11 is 5.55. The molecule has 2 aromatic rings. The van der Waals surface area contributed by atoms with E-state index in [1.807, 2.05) is 6.92 Å². The Hall–Kier alpha value is -1.90. The number of benzene rings is 1. The largest absolute Gasteiger partial charge is 0.392 e. The zero-order valence-corrected chi connectivity index (χ0v) is 15.4. The molecule has 9 heteroatoms. The van der Waals surface area contributed by atoms with E-state index in [4.69, 9.17) is 11.6 Å². The van der Waals surface area contributed by atoms with E-state index in [9.17, 15) is 23.6 Å². The zero-order chi connectivity index (χ0) is 18.8. The number of fused-ring (bicyclic) bond motifs is 1. The number of aliphatic hydroxyl groups excluding tert-OH is 1. The van der Waals surface area contributed by atoms with Crippen molar-refractivity contribution < 1.29 is 18.4 Å². The van der Waals surface area contributed by atoms with Crippen LogP contribution < -0.4 is 0 Å². The maximum atomic E-state index is 13.0. The Morgan fingerprint density at radius 1 is 1.48 bits per heavy atom. The second kappa shape index (κ2) is 7.55. The lowest BCUT2D eigenvalue weighted by molar-refractivity contribution is -0.423. The summed E-state index contributed by atoms with van der Waals surface area (Å²) in [4.78, 5) is 10.3. The molecule has 0 aliphatic heterocycles. The van der Waals surface area contributed by atoms with Crippen LogP contribution in [0.15, 0.2) is 36.2 Å². The van der Waals surface area contributed by atoms with E-state index in [0.717, 1.165) is 15.6 Å². The Morgan fingerprint density at radius 2 is 2.16 bits per heavy atom. The van der Waals surface area contributed by atoms with Gasteiger partial charge in [-0.3, -0.25) is 10.1 Å². The van der Waals surface area contributed by atoms with Gasteiger partial charge in [-0.2, -0.15) is 0 Å². The van der Waals surface area contributed by atoms with Gasteiger partial charge in [0.25, 0.3) is 5.70 Å². The van der Waals surface area contributed by atoms with Crippen LogP contribution in [-0.2, 0) is 16.6 Å². The minimum absolute atomic E-state index is 0.149. The number of aliphatic hydroxyl groups is 1. The SMILES string of the molecule is CCC(/C=C(\CCl)[N+](=O)[O-])S(=O)(=O)n1cc(CO)c2cc(C)ccc21. The molecule has 0 saturated carbocycles. The first-order valence-corrected chi connectivity index (χ1v) is 9.66. The predicted molar refractivity (Wildman–Crippen MR) is 96.8 cm³/mol. The number of nitro groups is 1. The second-order valence-corrected chi connectivity index (χ2v) is 7.97. The zero-order valence-electron chi connectivity index (χ0n) is 13.8. The summed E-state index contributed by atoms with van der Waals surface area (Å²) in [7, 11) is -3.95. The maximum absolute atomic E-state index is 13.0. The molecule has 0 bridgehead atoms. The summed E-state index contributed by atoms with van der Waals surface area (Å²) in [6.45, 7) is 3.19. The standard InChI is InChI=1S/C16H19ClN2O5S/c1-3-14(7-13(8-17)19(21)22)25(23,24)18-9-12(10-20)15-6-11(2)4-5-16(15)18/h4-7,9,14,20H,3,8,10H2,1-2H3/b13-7+. The van der Waals surface area contributed by atoms with E-state index in [-0.39, 0.29) is 24.6 Å². The number of hydrogen-bond acceptors (Lipinski definition) is 5. The first kappa shape index (κ1) is 19.4. The summed E-state index contributed by atoms with van der Waals surface area (Å²) in [5.41, 5.74) is 1.48. The molecule has 2 rings (SSSR count). The molecule has 1 atom stereocenters. The molecular formula is C16H19ClN2O5S. The van der Waals surface area contributed by atoms with E-state index in [0.29, 0.717) is 16.5 Å². The van der Waals surface area contributed by atoms with Gasteiger partial charge in [-0.25, -0.2) is 12.4 Å². The number of alkyl halides is 1. The van der Waals surface area contributed by atoms with E-state index in [1.165, 1.54) is 6.20 Å². The minimum atomic E-state index is -3.95. The highest BCUT2D eigenvalue weighted by Gasteiger charge is 2.29. The fraction of sp³-hybridized carbons (Fsp3) is 0.375. The van der Waals surface area contributed by atoms with Crippen LogP contribution in [0.25, 0.3) is 10.9 Å². The van der Waals surface area contributed by atoms with Crippen LogP contribution in [-0.4, -0.2) is 33.5 Å². The lowest BCUT2D eigenvalue weighted by atomic mass is 10.1. The molecule has 7 nitrogen and oxygen atoms in total. The van der Waals surface area contributed by atoms with Crippen LogP contribution in [0, 0.1) is 17.0 Å². The third-order valence-corrected chi connectivity index (χ3v) is 6.35. The van der Waals surface area contributed by atoms with Gasteiger partial charge >= 0.3 is 0 Å². The van der Waals surface area contributed by atoms with Crippen molar-refractivity contribution in [2.75, 3.05) is 5.88 Å². The molecule has 1 N–H and O–H groups in total. The van der Waals surface area contributed by atoms with Gasteiger partial charge in [-0.1, -0.05) is 18.6 Å². The molecule has 1 heterocycles. The van der Waals surface area contributed by atoms with Crippen molar-refractivity contribution in [3.63, 3.8) is 0 Å². The number of halogens is 1. The van der Waals surface area contributed by atoms with E-state index >= 15 is 0 Å². The van der Waals surface area contributed by atoms with Gasteiger partial charge in [0.05, 0.1) is 17.0 Å². The highest BCUT2D eigenvalue weighted by molar-refractivity contribution is 7.90. The Kier molecular flexibility index (Phi) is 5.87. The van der Waals surface area contributed by atoms with Gasteiger partial charge < -0.3 is 5.11 Å². The van der Waals surface area contributed by atoms with Crippen LogP contribution in [0.4, 0.5) is 0 Å². The van der Waals surface area contributed by atoms with Crippen molar-refractivity contribution in [2.45, 2.75) is 32.1 Å². The Bertz CT molecular complexity index is 933. The number of rotatable bonds is 7. The minimum Gasteiger partial charge on any atom is -0.392 e. The van der Waals surface area contributed by atoms with E-state index in [1.54, 1.807) is 25.1 Å². The van der Waals surface area contributed by atoms with Crippen molar-refractivity contribution in [1.29, 1.82) is 0 Å². The quantitative estimate of drug-likeness (QED) is 0.447. The lowest BCUT2D eigenvalue weighted by Crippen LogP contribution is -2.26. The average molecular weight is 387 g/mol. The van der Waals surface area contributed by atoms with Crippen LogP contribution in [0.3, 0.4) is 0 Å². The van der Waals surface area contributed by atoms with Crippen molar-refractivity contribution in [2.24, 2.45) is 0 Å². The number of allylic oxidation sites excluding steroid dienone is 1. The Morgan fingerprint density at radius 3 is 2.68 bits per heavy atom. The summed E-state index contributed by atoms with van der Waals surface area (Å²) in [5.74, 6) is -0.382. The monoisotopic (exact) mass is 386 g/mol. The predicted octanol–water partition coefficient (Wildman–Crippen LogP) is 2.80. The van der Waals surface area contributed by atoms with Crippen LogP contribution in [0.5, 0.6) is 0 Å². The number of aromatic nitrogens is 1. The van der Waals surface area contributed by atoms with Gasteiger partial charge in [0.2, 0.25) is 10.0 Å². The molecule has 0 amide bonds. The first-order valence-electron chi connectivity index (χ1n) is 7.63. The van der Waals surface area contributed by atoms with Gasteiger partial charge in [0.1, 0.15) is 11.1 Å². The molecule has 0 aliphatic carbocycles. The number of hydrogen-bond donors (Lipinski definition) is 1. The van der Waals surface area contributed by atoms with Crippen molar-refractivity contribution >= 4 is 32.5 Å². The molecule has 0 saturated heterocycles. The van der Waals surface area contributed by atoms with Gasteiger partial charge in [-0.05, 0) is 25.5 Å². The fourth-order valence-corrected chi connectivity index (χ4v) is 4.58. The summed E-state index contributed by atoms with van der Waals surface area (Å²) in [6.07, 6.45) is 2.60. The first-order chi connectivity index (χ1) is 11.8. The third-order valence-electron chi connectivity index (χ3n) is 3.99. The molecule has 0 spiro atoms. The molecule has 0 radical (unpaired) electrons. The van der Waals surface area contributed by atoms with Gasteiger partial charge in [0, 0.05) is 23.2 Å². The van der Waals surface area contributed by atoms with Crippen LogP contribution >= 0.6 is 11.6 Å². The number of aryl methyl sites for hydroxylation is 1. The molecule has 1 aromatic carbocycles. The number of nitrogens with zero attached hydrogens (tertiary/aromatic N) is 2. The molecule has 1 aromatic heterocycles. The maximum Gasteiger partial charge on any atom is 0.258 e. The van der Waals surface area contributed by atoms with Crippen molar-refractivity contribution in [3.05, 3.63) is 57.4 Å². The van der Waals surface area contributed by atoms with Crippen LogP contribution in [0.1, 0.15) is 24.5 Å². The molecule has 0 aliphatic rings. The summed E-state index contributed by atoms with van der Waals surface area (Å²) < 4.78 is 27.2. The molecular weight excluding hydrogens is 368 g/mol. The second-order valence-electron chi connectivity index (χ2n) is 5.67. The van der Waals surface area contributed by atoms with Gasteiger partial charge in [-0.15, -0.1) is 11.6 Å². The highest BCUT2D eigenvalue weighted by Crippen LogP contribution is 2.27. The average Bonchev–Trinajstić information content (AvgIpc) is 2.93. The Balaban J connectivity index is 2.66. The molecule has 0 fully saturated rings. The van der Waals surface area contributed by atoms with Crippen molar-refractivity contribution in [1.82, 2.24) is 3.97 Å². The third kappa shape index (κ3) is 3.70. The summed E-state index contributed by atoms with van der Waals surface area (Å²) in [6, 6.07) is 5.23. The van der Waals surface area contributed by atoms with E-state index in [2.05, 4.69) is 0 Å². The van der Waals surface area contributed by atoms with Gasteiger partial charge in [0.15, 0.2) is 0 Å². The Labute approximate surface area is 150 Å². The van der Waals surface area contributed by atoms with Crippen molar-refractivity contribution in [3.8, 4) is 0 Å². The fourth-order valence-electron chi connectivity index (χ4n) is 2.65. The van der Waals surface area contributed by atoms with E-state index < -0.39 is 20.2 Å². The lowest BCUT2D eigenvalue weighted by Gasteiger charge is -2.14. The molecule has 136 valence electrons. The van der Waals surface area contributed by atoms with Crippen LogP contribution in [0.2, 0.25) is 0 Å². The normalized spacial score (nSPS) is 14.0. The topological polar surface area (TPSA) is 102 Å². The summed E-state index contributed by atoms with van der Waals surface area (Å²) in [5, 5.41) is 20.0. The molecule has 25 heavy (non-hydrogen) atoms. The smallest absolute Gasteiger partial charge is 0.258 e. The molecule has 1 unspecified atom stereocenters.